The Morgan fingerprint density at radius 1 is 1.02 bits per heavy atom. The van der Waals surface area contributed by atoms with E-state index in [9.17, 15) is 19.2 Å². The highest BCUT2D eigenvalue weighted by Gasteiger charge is 2.39. The van der Waals surface area contributed by atoms with Crippen LogP contribution in [0.3, 0.4) is 0 Å². The van der Waals surface area contributed by atoms with Crippen LogP contribution in [0, 0.1) is 0 Å². The molecule has 4 aromatic rings. The van der Waals surface area contributed by atoms with E-state index in [2.05, 4.69) is 31.3 Å². The molecule has 1 unspecified atom stereocenters. The van der Waals surface area contributed by atoms with E-state index >= 15 is 0 Å². The molecule has 1 atom stereocenters. The monoisotopic (exact) mass is 715 g/mol. The number of para-hydroxylation sites is 1. The lowest BCUT2D eigenvalue weighted by atomic mass is 10.0. The normalized spacial score (nSPS) is 18.4. The molecule has 0 radical (unpaired) electrons. The smallest absolute Gasteiger partial charge is 0.255 e. The third kappa shape index (κ3) is 6.67. The first-order chi connectivity index (χ1) is 23.3. The molecule has 5 heterocycles. The fraction of sp³-hybridized carbons (Fsp3) is 0.382. The Morgan fingerprint density at radius 3 is 2.71 bits per heavy atom. The van der Waals surface area contributed by atoms with Crippen LogP contribution in [0.5, 0.6) is 5.75 Å². The van der Waals surface area contributed by atoms with Gasteiger partial charge in [0.2, 0.25) is 17.7 Å². The lowest BCUT2D eigenvalue weighted by Gasteiger charge is -2.32. The molecule has 4 amide bonds. The predicted octanol–water partition coefficient (Wildman–Crippen LogP) is 3.67. The van der Waals surface area contributed by atoms with Gasteiger partial charge in [-0.05, 0) is 71.1 Å². The van der Waals surface area contributed by atoms with Crippen molar-refractivity contribution in [3.8, 4) is 17.0 Å². The number of halogens is 1. The van der Waals surface area contributed by atoms with Gasteiger partial charge in [-0.3, -0.25) is 34.2 Å². The van der Waals surface area contributed by atoms with Crippen LogP contribution in [0.4, 0.5) is 0 Å². The molecule has 7 rings (SSSR count). The first kappa shape index (κ1) is 31.9. The van der Waals surface area contributed by atoms with Gasteiger partial charge in [0, 0.05) is 47.9 Å². The molecule has 48 heavy (non-hydrogen) atoms. The van der Waals surface area contributed by atoms with Crippen LogP contribution in [-0.2, 0) is 25.7 Å². The van der Waals surface area contributed by atoms with E-state index in [0.717, 1.165) is 45.2 Å². The number of hydrogen-bond donors (Lipinski definition) is 1. The number of amides is 4. The number of carbonyl (C=O) groups is 4. The summed E-state index contributed by atoms with van der Waals surface area (Å²) in [6.45, 7) is 2.51. The van der Waals surface area contributed by atoms with Crippen molar-refractivity contribution in [3.63, 3.8) is 0 Å². The second-order valence-corrected chi connectivity index (χ2v) is 13.0. The zero-order valence-electron chi connectivity index (χ0n) is 26.1. The highest BCUT2D eigenvalue weighted by molar-refractivity contribution is 9.10. The number of likely N-dealkylation sites (tertiary alicyclic amines) is 1. The number of benzene rings is 2. The molecular formula is C34H34BrN7O6. The number of hydrogen-bond acceptors (Lipinski definition) is 9. The van der Waals surface area contributed by atoms with Gasteiger partial charge in [-0.1, -0.05) is 6.07 Å². The summed E-state index contributed by atoms with van der Waals surface area (Å²) in [5.41, 5.74) is 4.62. The number of ether oxygens (including phenoxy) is 2. The van der Waals surface area contributed by atoms with E-state index in [4.69, 9.17) is 14.5 Å². The van der Waals surface area contributed by atoms with Crippen molar-refractivity contribution in [1.82, 2.24) is 34.9 Å². The highest BCUT2D eigenvalue weighted by atomic mass is 79.9. The van der Waals surface area contributed by atoms with Crippen molar-refractivity contribution >= 4 is 50.6 Å². The van der Waals surface area contributed by atoms with Crippen LogP contribution in [0.2, 0.25) is 0 Å². The first-order valence-corrected chi connectivity index (χ1v) is 16.8. The molecule has 3 aliphatic heterocycles. The van der Waals surface area contributed by atoms with Crippen LogP contribution in [0.25, 0.3) is 22.3 Å². The number of carbonyl (C=O) groups excluding carboxylic acids is 4. The van der Waals surface area contributed by atoms with Gasteiger partial charge in [-0.25, -0.2) is 4.98 Å². The van der Waals surface area contributed by atoms with Crippen molar-refractivity contribution < 1.29 is 28.7 Å². The predicted molar refractivity (Wildman–Crippen MR) is 177 cm³/mol. The van der Waals surface area contributed by atoms with Gasteiger partial charge in [0.15, 0.2) is 0 Å². The molecule has 0 bridgehead atoms. The average Bonchev–Trinajstić information content (AvgIpc) is 3.71. The van der Waals surface area contributed by atoms with Crippen molar-refractivity contribution in [2.45, 2.75) is 50.7 Å². The molecular weight excluding hydrogens is 682 g/mol. The summed E-state index contributed by atoms with van der Waals surface area (Å²) in [7, 11) is 0. The van der Waals surface area contributed by atoms with E-state index < -0.39 is 11.9 Å². The zero-order valence-corrected chi connectivity index (χ0v) is 27.7. The second-order valence-electron chi connectivity index (χ2n) is 12.1. The lowest BCUT2D eigenvalue weighted by Crippen LogP contribution is -2.52. The van der Waals surface area contributed by atoms with Crippen molar-refractivity contribution in [3.05, 3.63) is 70.6 Å². The minimum atomic E-state index is -0.653. The number of rotatable bonds is 10. The molecule has 2 aromatic heterocycles. The average molecular weight is 717 g/mol. The summed E-state index contributed by atoms with van der Waals surface area (Å²) in [6, 6.07) is 10.6. The molecule has 0 saturated carbocycles. The molecule has 2 saturated heterocycles. The Balaban J connectivity index is 0.815. The van der Waals surface area contributed by atoms with Crippen molar-refractivity contribution in [2.75, 3.05) is 32.9 Å². The number of nitrogens with zero attached hydrogens (tertiary/aromatic N) is 6. The van der Waals surface area contributed by atoms with Crippen LogP contribution < -0.4 is 10.1 Å². The number of fused-ring (bicyclic) bond motifs is 2. The maximum Gasteiger partial charge on any atom is 0.255 e. The van der Waals surface area contributed by atoms with Crippen LogP contribution in [0.15, 0.2) is 59.5 Å². The van der Waals surface area contributed by atoms with E-state index in [-0.39, 0.29) is 43.3 Å². The number of imide groups is 1. The summed E-state index contributed by atoms with van der Waals surface area (Å²) in [6.07, 6.45) is 8.04. The summed E-state index contributed by atoms with van der Waals surface area (Å²) in [5, 5.41) is 6.91. The molecule has 14 heteroatoms. The Bertz CT molecular complexity index is 1890. The van der Waals surface area contributed by atoms with E-state index in [1.165, 1.54) is 4.90 Å². The Labute approximate surface area is 284 Å². The minimum absolute atomic E-state index is 0.0661. The van der Waals surface area contributed by atoms with Crippen LogP contribution in [-0.4, -0.2) is 92.1 Å². The zero-order chi connectivity index (χ0) is 33.2. The maximum absolute atomic E-state index is 12.9. The van der Waals surface area contributed by atoms with Crippen LogP contribution >= 0.6 is 15.9 Å². The summed E-state index contributed by atoms with van der Waals surface area (Å²) >= 11 is 3.55. The summed E-state index contributed by atoms with van der Waals surface area (Å²) < 4.78 is 14.4. The molecule has 3 aliphatic rings. The number of aromatic nitrogens is 4. The molecule has 0 aliphatic carbocycles. The number of nitrogens with one attached hydrogen (secondary N) is 1. The molecule has 2 fully saturated rings. The largest absolute Gasteiger partial charge is 0.491 e. The summed E-state index contributed by atoms with van der Waals surface area (Å²) in [4.78, 5) is 62.2. The SMILES string of the molecule is O=C1CCC(N2Cc3cc(OCCOCCC(=O)N4CCC(n5cc(-c6cnc7cccc(Br)c7n6)cn5)CC4)ccc3C2=O)C(=O)N1. The van der Waals surface area contributed by atoms with Gasteiger partial charge in [0.05, 0.1) is 49.3 Å². The lowest BCUT2D eigenvalue weighted by molar-refractivity contribution is -0.137. The fourth-order valence-corrected chi connectivity index (χ4v) is 6.91. The molecule has 13 nitrogen and oxygen atoms in total. The standard InChI is InChI=1S/C34H34BrN7O6/c35-26-2-1-3-27-32(26)38-28(18-36-27)22-17-37-42(20-22)23-8-11-40(12-9-23)31(44)10-13-47-14-15-48-24-4-5-25-21(16-24)19-41(34(25)46)29-6-7-30(43)39-33(29)45/h1-5,16-18,20,23,29H,6-15,19H2,(H,39,43,45). The molecule has 0 spiro atoms. The van der Waals surface area contributed by atoms with Crippen molar-refractivity contribution in [2.24, 2.45) is 0 Å². The fourth-order valence-electron chi connectivity index (χ4n) is 6.47. The van der Waals surface area contributed by atoms with Gasteiger partial charge < -0.3 is 19.3 Å². The van der Waals surface area contributed by atoms with E-state index in [1.54, 1.807) is 24.4 Å². The third-order valence-corrected chi connectivity index (χ3v) is 9.70. The van der Waals surface area contributed by atoms with Gasteiger partial charge in [0.1, 0.15) is 23.9 Å². The topological polar surface area (TPSA) is 149 Å². The van der Waals surface area contributed by atoms with Gasteiger partial charge in [0.25, 0.3) is 5.91 Å². The summed E-state index contributed by atoms with van der Waals surface area (Å²) in [5.74, 6) is -0.311. The maximum atomic E-state index is 12.9. The molecule has 1 N–H and O–H groups in total. The van der Waals surface area contributed by atoms with Crippen LogP contribution in [0.1, 0.15) is 54.1 Å². The van der Waals surface area contributed by atoms with Gasteiger partial charge >= 0.3 is 0 Å². The second kappa shape index (κ2) is 13.8. The quantitative estimate of drug-likeness (QED) is 0.192. The Kier molecular flexibility index (Phi) is 9.17. The first-order valence-electron chi connectivity index (χ1n) is 16.1. The third-order valence-electron chi connectivity index (χ3n) is 9.06. The Morgan fingerprint density at radius 2 is 1.88 bits per heavy atom. The molecule has 2 aromatic carbocycles. The molecule has 248 valence electrons. The Hall–Kier alpha value is -4.69. The van der Waals surface area contributed by atoms with Gasteiger partial charge in [-0.15, -0.1) is 0 Å². The van der Waals surface area contributed by atoms with Gasteiger partial charge in [-0.2, -0.15) is 5.10 Å². The van der Waals surface area contributed by atoms with E-state index in [0.29, 0.717) is 50.5 Å². The van der Waals surface area contributed by atoms with E-state index in [1.807, 2.05) is 40.2 Å². The minimum Gasteiger partial charge on any atom is -0.491 e. The highest BCUT2D eigenvalue weighted by Crippen LogP contribution is 2.31. The number of piperidine rings is 2. The van der Waals surface area contributed by atoms with Crippen molar-refractivity contribution in [1.29, 1.82) is 0 Å².